The van der Waals surface area contributed by atoms with Gasteiger partial charge in [-0.15, -0.1) is 18.5 Å². The molecule has 5 aliphatic carbocycles. The molecule has 3 atom stereocenters. The van der Waals surface area contributed by atoms with E-state index in [1.54, 1.807) is 5.57 Å². The number of rotatable bonds is 7. The Morgan fingerprint density at radius 3 is 1.72 bits per heavy atom. The van der Waals surface area contributed by atoms with Gasteiger partial charge in [-0.25, -0.2) is 0 Å². The van der Waals surface area contributed by atoms with Crippen molar-refractivity contribution < 1.29 is 0 Å². The van der Waals surface area contributed by atoms with E-state index in [2.05, 4.69) is 88.1 Å². The molecule has 5 aliphatic rings. The Bertz CT molecular complexity index is 1220. The normalized spacial score (nSPS) is 32.6. The highest BCUT2D eigenvalue weighted by molar-refractivity contribution is 7.19. The summed E-state index contributed by atoms with van der Waals surface area (Å²) in [4.78, 5) is 10.1. The van der Waals surface area contributed by atoms with E-state index in [-0.39, 0.29) is 5.41 Å². The van der Waals surface area contributed by atoms with E-state index in [1.165, 1.54) is 43.8 Å². The molecule has 0 N–H and O–H groups in total. The zero-order valence-corrected chi connectivity index (χ0v) is 29.2. The molecule has 2 heterocycles. The molecule has 4 bridgehead atoms. The summed E-state index contributed by atoms with van der Waals surface area (Å²) in [6, 6.07) is 12.9. The molecular weight excluding hydrogens is 542 g/mol. The first-order valence-electron chi connectivity index (χ1n) is 15.2. The minimum Gasteiger partial charge on any atom is -0.260 e. The number of pyridine rings is 2. The number of hydrogen-bond donors (Lipinski definition) is 0. The van der Waals surface area contributed by atoms with E-state index >= 15 is 0 Å². The molecule has 0 aromatic carbocycles. The number of nitrogens with zero attached hydrogens (tertiary/aromatic N) is 2. The lowest BCUT2D eigenvalue weighted by molar-refractivity contribution is -0.0737. The van der Waals surface area contributed by atoms with E-state index in [0.29, 0.717) is 5.54 Å². The summed E-state index contributed by atoms with van der Waals surface area (Å²) in [7, 11) is 3.41. The van der Waals surface area contributed by atoms with Crippen molar-refractivity contribution >= 4 is 34.6 Å². The van der Waals surface area contributed by atoms with Crippen molar-refractivity contribution in [3.05, 3.63) is 82.6 Å². The summed E-state index contributed by atoms with van der Waals surface area (Å²) in [6.07, 6.45) is 15.1. The molecule has 0 aliphatic heterocycles. The minimum atomic E-state index is -1.68. The van der Waals surface area contributed by atoms with Crippen LogP contribution in [0.3, 0.4) is 0 Å². The molecule has 208 valence electrons. The van der Waals surface area contributed by atoms with Gasteiger partial charge in [-0.05, 0) is 103 Å². The molecular formula is C33H48N2P2Si2. The highest BCUT2D eigenvalue weighted by atomic mass is 31.0. The first-order chi connectivity index (χ1) is 18.4. The molecule has 39 heavy (non-hydrogen) atoms. The van der Waals surface area contributed by atoms with Gasteiger partial charge in [0.1, 0.15) is 0 Å². The third-order valence-electron chi connectivity index (χ3n) is 10.9. The van der Waals surface area contributed by atoms with E-state index in [4.69, 9.17) is 9.97 Å². The second-order valence-electron chi connectivity index (χ2n) is 15.2. The first kappa shape index (κ1) is 28.2. The standard InChI is InChI=1S/C33H48N2P2Si2/c1-38(2,3)27-20-26(33(37,28-11-7-9-13-34-28)29-12-8-10-14-35-29)30(31(27)39(4,5)6)32(21-36)24-16-22-15-23(18-24)19-25(32)17-22/h7-14,20,22-25,27H,15-19,21,36-37H2,1-6H3. The molecule has 0 spiro atoms. The van der Waals surface area contributed by atoms with E-state index in [1.807, 2.05) is 29.7 Å². The maximum Gasteiger partial charge on any atom is 0.0932 e. The topological polar surface area (TPSA) is 25.8 Å². The lowest BCUT2D eigenvalue weighted by Crippen LogP contribution is -2.56. The van der Waals surface area contributed by atoms with Crippen molar-refractivity contribution in [2.24, 2.45) is 29.1 Å². The van der Waals surface area contributed by atoms with Gasteiger partial charge in [0.05, 0.1) is 32.7 Å². The van der Waals surface area contributed by atoms with Crippen LogP contribution in [0.1, 0.15) is 43.5 Å². The van der Waals surface area contributed by atoms with Crippen molar-refractivity contribution in [2.45, 2.75) is 82.1 Å². The van der Waals surface area contributed by atoms with Gasteiger partial charge in [0.25, 0.3) is 0 Å². The largest absolute Gasteiger partial charge is 0.260 e. The molecule has 3 unspecified atom stereocenters. The van der Waals surface area contributed by atoms with Crippen LogP contribution in [0.4, 0.5) is 0 Å². The number of aromatic nitrogens is 2. The van der Waals surface area contributed by atoms with Crippen LogP contribution in [0, 0.1) is 29.1 Å². The van der Waals surface area contributed by atoms with E-state index in [9.17, 15) is 0 Å². The maximum absolute atomic E-state index is 5.06. The Morgan fingerprint density at radius 1 is 0.821 bits per heavy atom. The average molecular weight is 591 g/mol. The van der Waals surface area contributed by atoms with Gasteiger partial charge in [0, 0.05) is 17.8 Å². The Balaban J connectivity index is 1.69. The zero-order chi connectivity index (χ0) is 27.8. The van der Waals surface area contributed by atoms with Crippen molar-refractivity contribution in [1.82, 2.24) is 9.97 Å². The predicted octanol–water partition coefficient (Wildman–Crippen LogP) is 8.74. The van der Waals surface area contributed by atoms with Crippen LogP contribution in [-0.2, 0) is 5.16 Å². The minimum absolute atomic E-state index is 0.249. The first-order valence-corrected chi connectivity index (χ1v) is 23.7. The van der Waals surface area contributed by atoms with Gasteiger partial charge < -0.3 is 0 Å². The van der Waals surface area contributed by atoms with Gasteiger partial charge in [0.2, 0.25) is 0 Å². The fourth-order valence-corrected chi connectivity index (χ4v) is 17.3. The molecule has 0 amide bonds. The van der Waals surface area contributed by atoms with Crippen LogP contribution in [0.15, 0.2) is 71.2 Å². The summed E-state index contributed by atoms with van der Waals surface area (Å²) in [6.45, 7) is 15.7. The fraction of sp³-hybridized carbons (Fsp3) is 0.576. The molecule has 0 saturated heterocycles. The van der Waals surface area contributed by atoms with Crippen molar-refractivity contribution in [3.63, 3.8) is 0 Å². The number of hydrogen-bond acceptors (Lipinski definition) is 2. The summed E-state index contributed by atoms with van der Waals surface area (Å²) < 4.78 is 0. The monoisotopic (exact) mass is 590 g/mol. The molecule has 0 radical (unpaired) electrons. The maximum atomic E-state index is 5.06. The van der Waals surface area contributed by atoms with Crippen LogP contribution in [0.2, 0.25) is 44.8 Å². The Labute approximate surface area is 243 Å². The highest BCUT2D eigenvalue weighted by Crippen LogP contribution is 2.70. The lowest BCUT2D eigenvalue weighted by atomic mass is 9.43. The summed E-state index contributed by atoms with van der Waals surface area (Å²) >= 11 is 0. The summed E-state index contributed by atoms with van der Waals surface area (Å²) in [5.74, 6) is 3.53. The molecule has 7 rings (SSSR count). The van der Waals surface area contributed by atoms with Crippen molar-refractivity contribution in [1.29, 1.82) is 0 Å². The van der Waals surface area contributed by atoms with Gasteiger partial charge in [0.15, 0.2) is 0 Å². The smallest absolute Gasteiger partial charge is 0.0932 e. The summed E-state index contributed by atoms with van der Waals surface area (Å²) in [5.41, 5.74) is 6.35. The third-order valence-corrected chi connectivity index (χ3v) is 17.3. The summed E-state index contributed by atoms with van der Waals surface area (Å²) in [5, 5.41) is 1.42. The van der Waals surface area contributed by atoms with Crippen molar-refractivity contribution in [3.8, 4) is 0 Å². The van der Waals surface area contributed by atoms with Gasteiger partial charge in [-0.1, -0.05) is 62.7 Å². The zero-order valence-electron chi connectivity index (χ0n) is 24.9. The third kappa shape index (κ3) is 4.38. The second-order valence-corrected chi connectivity index (χ2v) is 26.9. The van der Waals surface area contributed by atoms with Gasteiger partial charge in [-0.3, -0.25) is 9.97 Å². The van der Waals surface area contributed by atoms with Crippen LogP contribution in [-0.4, -0.2) is 32.3 Å². The lowest BCUT2D eigenvalue weighted by Gasteiger charge is -2.63. The van der Waals surface area contributed by atoms with Crippen LogP contribution < -0.4 is 0 Å². The molecule has 2 aromatic heterocycles. The second kappa shape index (κ2) is 9.83. The Hall–Kier alpha value is -0.926. The average Bonchev–Trinajstić information content (AvgIpc) is 3.32. The highest BCUT2D eigenvalue weighted by Gasteiger charge is 2.62. The molecule has 4 saturated carbocycles. The number of allylic oxidation sites excluding steroid dienone is 4. The Kier molecular flexibility index (Phi) is 7.11. The molecule has 4 fully saturated rings. The predicted molar refractivity (Wildman–Crippen MR) is 179 cm³/mol. The van der Waals surface area contributed by atoms with E-state index < -0.39 is 21.3 Å². The quantitative estimate of drug-likeness (QED) is 0.238. The van der Waals surface area contributed by atoms with Crippen LogP contribution >= 0.6 is 18.5 Å². The molecule has 2 nitrogen and oxygen atoms in total. The fourth-order valence-electron chi connectivity index (χ4n) is 9.46. The van der Waals surface area contributed by atoms with E-state index in [0.717, 1.165) is 35.1 Å². The SMILES string of the molecule is C[Si](C)(C)C1=C(C2(CP)C3CC4CC(C3)CC2C4)C(C(P)(c2ccccn2)c2ccccn2)=CC1[Si](C)(C)C. The molecule has 2 aromatic rings. The van der Waals surface area contributed by atoms with Crippen molar-refractivity contribution in [2.75, 3.05) is 6.16 Å². The van der Waals surface area contributed by atoms with Crippen LogP contribution in [0.5, 0.6) is 0 Å². The van der Waals surface area contributed by atoms with Gasteiger partial charge >= 0.3 is 0 Å². The molecule has 6 heteroatoms. The van der Waals surface area contributed by atoms with Crippen LogP contribution in [0.25, 0.3) is 0 Å². The Morgan fingerprint density at radius 2 is 1.33 bits per heavy atom. The van der Waals surface area contributed by atoms with Gasteiger partial charge in [-0.2, -0.15) is 0 Å².